The van der Waals surface area contributed by atoms with Crippen LogP contribution in [-0.2, 0) is 63.3 Å². The van der Waals surface area contributed by atoms with E-state index in [4.69, 9.17) is 10.5 Å². The van der Waals surface area contributed by atoms with Gasteiger partial charge < -0.3 is 36.5 Å². The van der Waals surface area contributed by atoms with Crippen LogP contribution >= 0.6 is 0 Å². The third-order valence-electron chi connectivity index (χ3n) is 2.29. The molecule has 1 heterocycles. The SMILES string of the molecule is [CH2-]c1[c-]ccc(N2C[C@H](C(N)=O)OC2=O)c1.[CH3-].[W+2].[Y]. The molecule has 7 heteroatoms. The molecule has 1 aromatic carbocycles. The van der Waals surface area contributed by atoms with Gasteiger partial charge in [0.05, 0.1) is 6.54 Å². The molecule has 2 N–H and O–H groups in total. The summed E-state index contributed by atoms with van der Waals surface area (Å²) in [5, 5.41) is 0. The van der Waals surface area contributed by atoms with Crippen LogP contribution in [-0.4, -0.2) is 24.6 Å². The molecular formula is C12H13N2O3WY-. The first-order valence-electron chi connectivity index (χ1n) is 4.69. The van der Waals surface area contributed by atoms with Crippen LogP contribution in [0.5, 0.6) is 0 Å². The van der Waals surface area contributed by atoms with E-state index in [0.717, 1.165) is 0 Å². The van der Waals surface area contributed by atoms with Crippen molar-refractivity contribution >= 4 is 17.7 Å². The fourth-order valence-corrected chi connectivity index (χ4v) is 1.49. The van der Waals surface area contributed by atoms with E-state index < -0.39 is 18.1 Å². The molecule has 0 saturated carbocycles. The summed E-state index contributed by atoms with van der Waals surface area (Å²) in [4.78, 5) is 23.7. The Morgan fingerprint density at radius 3 is 2.68 bits per heavy atom. The molecule has 1 aliphatic rings. The quantitative estimate of drug-likeness (QED) is 0.608. The zero-order chi connectivity index (χ0) is 11.7. The van der Waals surface area contributed by atoms with Crippen molar-refractivity contribution in [2.24, 2.45) is 5.73 Å². The summed E-state index contributed by atoms with van der Waals surface area (Å²) in [6.07, 6.45) is -1.46. The van der Waals surface area contributed by atoms with E-state index in [1.807, 2.05) is 0 Å². The van der Waals surface area contributed by atoms with Gasteiger partial charge in [-0.2, -0.15) is 6.07 Å². The van der Waals surface area contributed by atoms with Crippen molar-refractivity contribution in [3.05, 3.63) is 44.2 Å². The number of benzene rings is 1. The molecular weight excluding hydrogens is 493 g/mol. The minimum Gasteiger partial charge on any atom is -0.434 e. The maximum Gasteiger partial charge on any atom is 2.00 e. The van der Waals surface area contributed by atoms with Gasteiger partial charge in [-0.05, 0) is 0 Å². The van der Waals surface area contributed by atoms with Crippen molar-refractivity contribution in [3.8, 4) is 0 Å². The number of nitrogens with zero attached hydrogens (tertiary/aromatic N) is 1. The number of amides is 2. The number of hydrogen-bond acceptors (Lipinski definition) is 3. The molecule has 19 heavy (non-hydrogen) atoms. The molecule has 5 nitrogen and oxygen atoms in total. The number of ether oxygens (including phenoxy) is 1. The second kappa shape index (κ2) is 8.73. The van der Waals surface area contributed by atoms with Gasteiger partial charge in [0, 0.05) is 32.7 Å². The van der Waals surface area contributed by atoms with Gasteiger partial charge >= 0.3 is 27.2 Å². The topological polar surface area (TPSA) is 72.6 Å². The number of carbonyl (C=O) groups is 2. The van der Waals surface area contributed by atoms with E-state index in [9.17, 15) is 9.59 Å². The third kappa shape index (κ3) is 4.90. The molecule has 1 saturated heterocycles. The van der Waals surface area contributed by atoms with E-state index in [0.29, 0.717) is 11.3 Å². The minimum atomic E-state index is -0.884. The first kappa shape index (κ1) is 20.9. The Morgan fingerprint density at radius 2 is 2.21 bits per heavy atom. The van der Waals surface area contributed by atoms with Crippen LogP contribution in [0.4, 0.5) is 10.5 Å². The van der Waals surface area contributed by atoms with E-state index in [-0.39, 0.29) is 67.7 Å². The number of hydrogen-bond donors (Lipinski definition) is 1. The molecule has 2 amide bonds. The number of anilines is 1. The molecule has 1 atom stereocenters. The maximum absolute atomic E-state index is 11.5. The van der Waals surface area contributed by atoms with Crippen molar-refractivity contribution in [1.29, 1.82) is 0 Å². The van der Waals surface area contributed by atoms with Crippen molar-refractivity contribution in [1.82, 2.24) is 0 Å². The summed E-state index contributed by atoms with van der Waals surface area (Å²) in [6, 6.07) is 7.90. The first-order chi connectivity index (χ1) is 7.58. The van der Waals surface area contributed by atoms with Gasteiger partial charge in [-0.25, -0.2) is 4.79 Å². The monoisotopic (exact) mass is 506 g/mol. The van der Waals surface area contributed by atoms with Gasteiger partial charge in [0.15, 0.2) is 6.10 Å². The van der Waals surface area contributed by atoms with E-state index in [2.05, 4.69) is 13.0 Å². The molecule has 0 bridgehead atoms. The molecule has 1 aromatic rings. The number of rotatable bonds is 2. The first-order valence-corrected chi connectivity index (χ1v) is 4.69. The van der Waals surface area contributed by atoms with Crippen LogP contribution in [0.3, 0.4) is 0 Å². The Kier molecular flexibility index (Phi) is 9.61. The predicted molar refractivity (Wildman–Crippen MR) is 63.0 cm³/mol. The Bertz CT molecular complexity index is 456. The third-order valence-corrected chi connectivity index (χ3v) is 2.29. The van der Waals surface area contributed by atoms with Gasteiger partial charge in [-0.1, -0.05) is 11.8 Å². The minimum absolute atomic E-state index is 0. The van der Waals surface area contributed by atoms with Gasteiger partial charge in [0.1, 0.15) is 0 Å². The van der Waals surface area contributed by atoms with Gasteiger partial charge in [-0.15, -0.1) is 0 Å². The van der Waals surface area contributed by atoms with E-state index >= 15 is 0 Å². The number of nitrogens with two attached hydrogens (primary N) is 1. The van der Waals surface area contributed by atoms with Crippen LogP contribution in [0, 0.1) is 20.4 Å². The average molecular weight is 506 g/mol. The fourth-order valence-electron chi connectivity index (χ4n) is 1.49. The summed E-state index contributed by atoms with van der Waals surface area (Å²) >= 11 is 0. The molecule has 1 fully saturated rings. The summed E-state index contributed by atoms with van der Waals surface area (Å²) in [5.41, 5.74) is 6.35. The number of primary amides is 1. The zero-order valence-electron chi connectivity index (χ0n) is 10.5. The predicted octanol–water partition coefficient (Wildman–Crippen LogP) is 0.925. The summed E-state index contributed by atoms with van der Waals surface area (Å²) < 4.78 is 4.81. The number of cyclic esters (lactones) is 1. The zero-order valence-corrected chi connectivity index (χ0v) is 16.2. The number of carbonyl (C=O) groups excluding carboxylic acids is 2. The van der Waals surface area contributed by atoms with Crippen LogP contribution in [0.2, 0.25) is 0 Å². The molecule has 0 aliphatic carbocycles. The van der Waals surface area contributed by atoms with Crippen molar-refractivity contribution in [2.75, 3.05) is 11.4 Å². The van der Waals surface area contributed by atoms with Crippen molar-refractivity contribution in [2.45, 2.75) is 6.10 Å². The largest absolute Gasteiger partial charge is 2.00 e. The second-order valence-electron chi connectivity index (χ2n) is 3.46. The molecule has 2 rings (SSSR count). The Labute approximate surface area is 152 Å². The molecule has 0 spiro atoms. The van der Waals surface area contributed by atoms with Crippen LogP contribution < -0.4 is 10.6 Å². The Hall–Kier alpha value is -0.378. The molecule has 1 aliphatic heterocycles. The average Bonchev–Trinajstić information content (AvgIpc) is 2.60. The molecule has 1 radical (unpaired) electrons. The second-order valence-corrected chi connectivity index (χ2v) is 3.46. The van der Waals surface area contributed by atoms with Crippen LogP contribution in [0.1, 0.15) is 5.56 Å². The summed E-state index contributed by atoms with van der Waals surface area (Å²) in [6.45, 7) is 3.84. The van der Waals surface area contributed by atoms with Crippen molar-refractivity contribution < 1.29 is 68.1 Å². The smallest absolute Gasteiger partial charge is 0.434 e. The Balaban J connectivity index is 0. The molecule has 0 unspecified atom stereocenters. The van der Waals surface area contributed by atoms with E-state index in [1.165, 1.54) is 4.90 Å². The normalized spacial score (nSPS) is 16.5. The van der Waals surface area contributed by atoms with Crippen LogP contribution in [0.15, 0.2) is 18.2 Å². The summed E-state index contributed by atoms with van der Waals surface area (Å²) in [7, 11) is 0. The molecule has 99 valence electrons. The maximum atomic E-state index is 11.5. The van der Waals surface area contributed by atoms with E-state index in [1.54, 1.807) is 18.2 Å². The summed E-state index contributed by atoms with van der Waals surface area (Å²) in [5.74, 6) is -0.645. The van der Waals surface area contributed by atoms with Crippen molar-refractivity contribution in [3.63, 3.8) is 0 Å². The standard InChI is InChI=1S/C11H10N2O3.CH3.W.Y/c1-7-3-2-4-8(5-7)13-6-9(10(12)14)16-11(13)15;;;/h2,4-5,9H,1,6H2,(H2,12,14);1H3;;/q-2;-1;+2;/t9-;;;/m1.../s1. The van der Waals surface area contributed by atoms with Crippen LogP contribution in [0.25, 0.3) is 0 Å². The Morgan fingerprint density at radius 1 is 1.58 bits per heavy atom. The van der Waals surface area contributed by atoms with Gasteiger partial charge in [0.25, 0.3) is 5.91 Å². The van der Waals surface area contributed by atoms with Gasteiger partial charge in [0.2, 0.25) is 0 Å². The fraction of sp³-hybridized carbons (Fsp3) is 0.167. The molecule has 0 aromatic heterocycles. The van der Waals surface area contributed by atoms with Gasteiger partial charge in [-0.3, -0.25) is 15.8 Å².